The van der Waals surface area contributed by atoms with Crippen molar-refractivity contribution < 1.29 is 4.79 Å². The SMILES string of the molecule is CSC1NC(=O)n2cnc(Cc3ccc(C)cc3)c2N1. The normalized spacial score (nSPS) is 17.3. The summed E-state index contributed by atoms with van der Waals surface area (Å²) in [5.74, 6) is 0.786. The summed E-state index contributed by atoms with van der Waals surface area (Å²) in [6, 6.07) is 8.22. The number of anilines is 1. The number of aryl methyl sites for hydroxylation is 1. The van der Waals surface area contributed by atoms with Gasteiger partial charge in [-0.2, -0.15) is 0 Å². The van der Waals surface area contributed by atoms with Crippen molar-refractivity contribution in [2.75, 3.05) is 11.6 Å². The predicted octanol–water partition coefficient (Wildman–Crippen LogP) is 2.41. The van der Waals surface area contributed by atoms with Crippen molar-refractivity contribution in [3.63, 3.8) is 0 Å². The summed E-state index contributed by atoms with van der Waals surface area (Å²) in [5.41, 5.74) is 3.21. The lowest BCUT2D eigenvalue weighted by Crippen LogP contribution is -2.45. The van der Waals surface area contributed by atoms with E-state index < -0.39 is 0 Å². The average molecular weight is 288 g/mol. The number of aromatic nitrogens is 2. The highest BCUT2D eigenvalue weighted by molar-refractivity contribution is 7.99. The third kappa shape index (κ3) is 2.38. The van der Waals surface area contributed by atoms with Gasteiger partial charge >= 0.3 is 6.03 Å². The van der Waals surface area contributed by atoms with Gasteiger partial charge in [0.15, 0.2) is 0 Å². The average Bonchev–Trinajstić information content (AvgIpc) is 2.85. The van der Waals surface area contributed by atoms with Crippen LogP contribution in [-0.2, 0) is 6.42 Å². The number of carbonyl (C=O) groups is 1. The van der Waals surface area contributed by atoms with E-state index in [1.54, 1.807) is 18.1 Å². The number of nitrogens with zero attached hydrogens (tertiary/aromatic N) is 2. The van der Waals surface area contributed by atoms with Crippen molar-refractivity contribution in [3.05, 3.63) is 47.4 Å². The Kier molecular flexibility index (Phi) is 3.40. The minimum Gasteiger partial charge on any atom is -0.341 e. The van der Waals surface area contributed by atoms with Gasteiger partial charge in [-0.25, -0.2) is 14.3 Å². The van der Waals surface area contributed by atoms with Gasteiger partial charge in [-0.3, -0.25) is 0 Å². The number of imidazole rings is 1. The molecule has 1 aromatic carbocycles. The van der Waals surface area contributed by atoms with Crippen molar-refractivity contribution in [1.82, 2.24) is 14.9 Å². The summed E-state index contributed by atoms with van der Waals surface area (Å²) in [6.07, 6.45) is 4.23. The minimum absolute atomic E-state index is 0.108. The van der Waals surface area contributed by atoms with E-state index >= 15 is 0 Å². The van der Waals surface area contributed by atoms with Gasteiger partial charge in [0.05, 0.1) is 5.69 Å². The molecule has 5 nitrogen and oxygen atoms in total. The molecule has 6 heteroatoms. The Balaban J connectivity index is 1.88. The van der Waals surface area contributed by atoms with Gasteiger partial charge in [0, 0.05) is 6.42 Å². The molecule has 3 rings (SSSR count). The molecule has 0 saturated heterocycles. The van der Waals surface area contributed by atoms with E-state index in [-0.39, 0.29) is 11.5 Å². The van der Waals surface area contributed by atoms with Crippen molar-refractivity contribution >= 4 is 23.6 Å². The molecular weight excluding hydrogens is 272 g/mol. The van der Waals surface area contributed by atoms with Crippen LogP contribution in [0.3, 0.4) is 0 Å². The van der Waals surface area contributed by atoms with Crippen molar-refractivity contribution in [1.29, 1.82) is 0 Å². The highest BCUT2D eigenvalue weighted by atomic mass is 32.2. The van der Waals surface area contributed by atoms with Crippen LogP contribution in [0.1, 0.15) is 16.8 Å². The molecule has 1 amide bonds. The van der Waals surface area contributed by atoms with Gasteiger partial charge in [-0.1, -0.05) is 29.8 Å². The van der Waals surface area contributed by atoms with E-state index in [2.05, 4.69) is 46.8 Å². The molecule has 104 valence electrons. The lowest BCUT2D eigenvalue weighted by molar-refractivity contribution is 0.241. The molecule has 2 N–H and O–H groups in total. The fraction of sp³-hybridized carbons (Fsp3) is 0.286. The summed E-state index contributed by atoms with van der Waals surface area (Å²) >= 11 is 1.55. The molecule has 0 aliphatic carbocycles. The Hall–Kier alpha value is -1.95. The summed E-state index contributed by atoms with van der Waals surface area (Å²) < 4.78 is 1.52. The van der Waals surface area contributed by atoms with Gasteiger partial charge in [-0.05, 0) is 18.7 Å². The standard InChI is InChI=1S/C14H16N4OS/c1-9-3-5-10(6-4-9)7-11-12-16-13(20-2)17-14(19)18(12)8-15-11/h3-6,8,13,16H,7H2,1-2H3,(H,17,19). The molecule has 0 fully saturated rings. The van der Waals surface area contributed by atoms with Gasteiger partial charge in [0.2, 0.25) is 0 Å². The number of amides is 1. The van der Waals surface area contributed by atoms with Gasteiger partial charge < -0.3 is 10.6 Å². The maximum Gasteiger partial charge on any atom is 0.330 e. The first-order valence-corrected chi connectivity index (χ1v) is 7.68. The quantitative estimate of drug-likeness (QED) is 0.910. The fourth-order valence-electron chi connectivity index (χ4n) is 2.18. The van der Waals surface area contributed by atoms with Crippen LogP contribution < -0.4 is 10.6 Å². The van der Waals surface area contributed by atoms with Crippen LogP contribution in [0.25, 0.3) is 0 Å². The van der Waals surface area contributed by atoms with E-state index in [9.17, 15) is 4.79 Å². The Labute approximate surface area is 121 Å². The Bertz CT molecular complexity index is 635. The second-order valence-corrected chi connectivity index (χ2v) is 5.72. The van der Waals surface area contributed by atoms with Crippen LogP contribution in [0.2, 0.25) is 0 Å². The number of nitrogens with one attached hydrogen (secondary N) is 2. The molecule has 0 spiro atoms. The lowest BCUT2D eigenvalue weighted by atomic mass is 10.1. The van der Waals surface area contributed by atoms with Gasteiger partial charge in [0.1, 0.15) is 17.6 Å². The zero-order valence-electron chi connectivity index (χ0n) is 11.4. The van der Waals surface area contributed by atoms with E-state index in [0.717, 1.165) is 11.5 Å². The van der Waals surface area contributed by atoms with Crippen LogP contribution in [0.5, 0.6) is 0 Å². The van der Waals surface area contributed by atoms with E-state index in [1.165, 1.54) is 15.7 Å². The van der Waals surface area contributed by atoms with Crippen LogP contribution in [-0.4, -0.2) is 27.3 Å². The number of benzene rings is 1. The fourth-order valence-corrected chi connectivity index (χ4v) is 2.63. The topological polar surface area (TPSA) is 59.0 Å². The molecule has 20 heavy (non-hydrogen) atoms. The van der Waals surface area contributed by atoms with Crippen LogP contribution in [0.15, 0.2) is 30.6 Å². The first-order valence-electron chi connectivity index (χ1n) is 6.39. The maximum absolute atomic E-state index is 11.9. The van der Waals surface area contributed by atoms with E-state index in [0.29, 0.717) is 6.42 Å². The molecule has 1 unspecified atom stereocenters. The van der Waals surface area contributed by atoms with Crippen molar-refractivity contribution in [2.45, 2.75) is 18.8 Å². The largest absolute Gasteiger partial charge is 0.341 e. The Morgan fingerprint density at radius 2 is 2.05 bits per heavy atom. The molecule has 1 aliphatic rings. The molecule has 0 radical (unpaired) electrons. The lowest BCUT2D eigenvalue weighted by Gasteiger charge is -2.25. The first kappa shape index (κ1) is 13.1. The highest BCUT2D eigenvalue weighted by Gasteiger charge is 2.25. The van der Waals surface area contributed by atoms with Crippen LogP contribution in [0, 0.1) is 6.92 Å². The molecule has 1 atom stereocenters. The minimum atomic E-state index is -0.138. The van der Waals surface area contributed by atoms with Crippen molar-refractivity contribution in [3.8, 4) is 0 Å². The summed E-state index contributed by atoms with van der Waals surface area (Å²) in [4.78, 5) is 16.3. The summed E-state index contributed by atoms with van der Waals surface area (Å²) in [6.45, 7) is 2.07. The molecule has 1 aromatic heterocycles. The number of hydrogen-bond donors (Lipinski definition) is 2. The zero-order valence-corrected chi connectivity index (χ0v) is 12.2. The zero-order chi connectivity index (χ0) is 14.1. The van der Waals surface area contributed by atoms with Crippen LogP contribution in [0.4, 0.5) is 10.6 Å². The number of carbonyl (C=O) groups excluding carboxylic acids is 1. The number of hydrogen-bond acceptors (Lipinski definition) is 4. The first-order chi connectivity index (χ1) is 9.67. The maximum atomic E-state index is 11.9. The summed E-state index contributed by atoms with van der Waals surface area (Å²) in [7, 11) is 0. The molecule has 2 heterocycles. The summed E-state index contributed by atoms with van der Waals surface area (Å²) in [5, 5.41) is 6.13. The second-order valence-electron chi connectivity index (χ2n) is 4.78. The van der Waals surface area contributed by atoms with Gasteiger partial charge in [-0.15, -0.1) is 11.8 Å². The predicted molar refractivity (Wildman–Crippen MR) is 81.1 cm³/mol. The third-order valence-electron chi connectivity index (χ3n) is 3.31. The molecule has 1 aliphatic heterocycles. The second kappa shape index (κ2) is 5.20. The van der Waals surface area contributed by atoms with Crippen LogP contribution >= 0.6 is 11.8 Å². The van der Waals surface area contributed by atoms with E-state index in [1.807, 2.05) is 6.26 Å². The number of fused-ring (bicyclic) bond motifs is 1. The highest BCUT2D eigenvalue weighted by Crippen LogP contribution is 2.23. The van der Waals surface area contributed by atoms with Crippen molar-refractivity contribution in [2.24, 2.45) is 0 Å². The number of rotatable bonds is 3. The van der Waals surface area contributed by atoms with E-state index in [4.69, 9.17) is 0 Å². The molecule has 2 aromatic rings. The smallest absolute Gasteiger partial charge is 0.330 e. The molecule has 0 bridgehead atoms. The third-order valence-corrected chi connectivity index (χ3v) is 4.02. The Morgan fingerprint density at radius 1 is 1.30 bits per heavy atom. The monoisotopic (exact) mass is 288 g/mol. The molecule has 0 saturated carbocycles. The molecular formula is C14H16N4OS. The number of thioether (sulfide) groups is 1. The van der Waals surface area contributed by atoms with Gasteiger partial charge in [0.25, 0.3) is 0 Å². The Morgan fingerprint density at radius 3 is 2.75 bits per heavy atom.